The van der Waals surface area contributed by atoms with Crippen molar-refractivity contribution in [2.45, 2.75) is 17.9 Å². The van der Waals surface area contributed by atoms with Gasteiger partial charge in [-0.05, 0) is 24.1 Å². The molecule has 0 amide bonds. The minimum absolute atomic E-state index is 0.158. The number of nitrogens with zero attached hydrogens (tertiary/aromatic N) is 1. The Hall–Kier alpha value is -1.27. The van der Waals surface area contributed by atoms with Crippen LogP contribution in [0, 0.1) is 0 Å². The monoisotopic (exact) mass is 301 g/mol. The van der Waals surface area contributed by atoms with Crippen molar-refractivity contribution in [3.8, 4) is 0 Å². The topological polar surface area (TPSA) is 70.6 Å². The van der Waals surface area contributed by atoms with Crippen LogP contribution in [0.1, 0.15) is 12.0 Å². The number of hydrogen-bond donors (Lipinski definition) is 2. The average molecular weight is 302 g/mol. The summed E-state index contributed by atoms with van der Waals surface area (Å²) >= 11 is 5.98. The highest BCUT2D eigenvalue weighted by atomic mass is 35.5. The smallest absolute Gasteiger partial charge is 0.191 e. The van der Waals surface area contributed by atoms with Gasteiger partial charge in [-0.1, -0.05) is 17.7 Å². The Balaban J connectivity index is 2.06. The third-order valence-electron chi connectivity index (χ3n) is 2.75. The van der Waals surface area contributed by atoms with Gasteiger partial charge in [0.05, 0.1) is 9.92 Å². The molecule has 2 rings (SSSR count). The molecule has 104 valence electrons. The Bertz CT molecular complexity index is 599. The number of benzene rings is 1. The Morgan fingerprint density at radius 2 is 2.26 bits per heavy atom. The van der Waals surface area contributed by atoms with Gasteiger partial charge < -0.3 is 10.6 Å². The van der Waals surface area contributed by atoms with Crippen LogP contribution in [-0.4, -0.2) is 33.7 Å². The molecule has 0 atom stereocenters. The van der Waals surface area contributed by atoms with Gasteiger partial charge in [-0.2, -0.15) is 0 Å². The van der Waals surface area contributed by atoms with Crippen molar-refractivity contribution in [2.24, 2.45) is 4.99 Å². The van der Waals surface area contributed by atoms with E-state index in [1.54, 1.807) is 12.1 Å². The SMILES string of the molecule is CS(=O)(=O)c1ccc(CNC2=NCCCN2)cc1Cl. The lowest BCUT2D eigenvalue weighted by molar-refractivity contribution is 0.602. The molecule has 0 radical (unpaired) electrons. The van der Waals surface area contributed by atoms with E-state index in [0.29, 0.717) is 6.54 Å². The fraction of sp³-hybridized carbons (Fsp3) is 0.417. The molecule has 0 spiro atoms. The molecule has 1 aliphatic rings. The number of guanidine groups is 1. The summed E-state index contributed by atoms with van der Waals surface area (Å²) in [6.07, 6.45) is 2.19. The molecule has 0 bridgehead atoms. The first-order chi connectivity index (χ1) is 8.97. The molecule has 1 aromatic carbocycles. The number of rotatable bonds is 3. The van der Waals surface area contributed by atoms with Crippen LogP contribution < -0.4 is 10.6 Å². The van der Waals surface area contributed by atoms with Gasteiger partial charge in [0.1, 0.15) is 0 Å². The van der Waals surface area contributed by atoms with Gasteiger partial charge in [0.25, 0.3) is 0 Å². The molecule has 0 aliphatic carbocycles. The van der Waals surface area contributed by atoms with Crippen LogP contribution in [0.3, 0.4) is 0 Å². The van der Waals surface area contributed by atoms with Gasteiger partial charge in [-0.15, -0.1) is 0 Å². The van der Waals surface area contributed by atoms with Gasteiger partial charge >= 0.3 is 0 Å². The predicted octanol–water partition coefficient (Wildman–Crippen LogP) is 1.18. The fourth-order valence-corrected chi connectivity index (χ4v) is 3.14. The number of aliphatic imine (C=N–C) groups is 1. The molecule has 1 aliphatic heterocycles. The number of nitrogens with one attached hydrogen (secondary N) is 2. The van der Waals surface area contributed by atoms with E-state index in [4.69, 9.17) is 11.6 Å². The van der Waals surface area contributed by atoms with Gasteiger partial charge in [0.2, 0.25) is 0 Å². The summed E-state index contributed by atoms with van der Waals surface area (Å²) in [5.41, 5.74) is 0.910. The Kier molecular flexibility index (Phi) is 4.31. The number of hydrogen-bond acceptors (Lipinski definition) is 5. The van der Waals surface area contributed by atoms with Gasteiger partial charge in [0, 0.05) is 25.9 Å². The van der Waals surface area contributed by atoms with Crippen LogP contribution in [-0.2, 0) is 16.4 Å². The third kappa shape index (κ3) is 3.84. The molecule has 0 aromatic heterocycles. The molecule has 7 heteroatoms. The van der Waals surface area contributed by atoms with Gasteiger partial charge in [-0.25, -0.2) is 8.42 Å². The van der Waals surface area contributed by atoms with Crippen LogP contribution in [0.25, 0.3) is 0 Å². The van der Waals surface area contributed by atoms with Crippen molar-refractivity contribution in [3.63, 3.8) is 0 Å². The molecular formula is C12H16ClN3O2S. The molecule has 19 heavy (non-hydrogen) atoms. The van der Waals surface area contributed by atoms with Crippen LogP contribution in [0.5, 0.6) is 0 Å². The first kappa shape index (κ1) is 14.1. The molecular weight excluding hydrogens is 286 g/mol. The van der Waals surface area contributed by atoms with Gasteiger partial charge in [0.15, 0.2) is 15.8 Å². The molecule has 5 nitrogen and oxygen atoms in total. The minimum Gasteiger partial charge on any atom is -0.356 e. The number of sulfone groups is 1. The van der Waals surface area contributed by atoms with E-state index in [2.05, 4.69) is 15.6 Å². The molecule has 0 saturated heterocycles. The Labute approximate surface area is 118 Å². The predicted molar refractivity (Wildman–Crippen MR) is 76.3 cm³/mol. The zero-order valence-corrected chi connectivity index (χ0v) is 12.2. The van der Waals surface area contributed by atoms with E-state index in [1.807, 2.05) is 0 Å². The molecule has 0 unspecified atom stereocenters. The van der Waals surface area contributed by atoms with E-state index < -0.39 is 9.84 Å². The normalized spacial score (nSPS) is 15.6. The second kappa shape index (κ2) is 5.79. The highest BCUT2D eigenvalue weighted by Gasteiger charge is 2.12. The fourth-order valence-electron chi connectivity index (χ4n) is 1.79. The molecule has 0 fully saturated rings. The van der Waals surface area contributed by atoms with Crippen LogP contribution in [0.4, 0.5) is 0 Å². The van der Waals surface area contributed by atoms with E-state index >= 15 is 0 Å². The number of halogens is 1. The second-order valence-electron chi connectivity index (χ2n) is 4.40. The standard InChI is InChI=1S/C12H16ClN3O2S/c1-19(17,18)11-4-3-9(7-10(11)13)8-16-12-14-5-2-6-15-12/h3-4,7H,2,5-6,8H2,1H3,(H2,14,15,16). The maximum absolute atomic E-state index is 11.4. The molecule has 2 N–H and O–H groups in total. The van der Waals surface area contributed by atoms with Crippen molar-refractivity contribution >= 4 is 27.4 Å². The Morgan fingerprint density at radius 1 is 1.47 bits per heavy atom. The second-order valence-corrected chi connectivity index (χ2v) is 6.79. The van der Waals surface area contributed by atoms with Crippen molar-refractivity contribution in [3.05, 3.63) is 28.8 Å². The van der Waals surface area contributed by atoms with E-state index in [0.717, 1.165) is 37.3 Å². The third-order valence-corrected chi connectivity index (χ3v) is 4.33. The lowest BCUT2D eigenvalue weighted by atomic mass is 10.2. The quantitative estimate of drug-likeness (QED) is 0.879. The maximum Gasteiger partial charge on any atom is 0.191 e. The molecule has 0 saturated carbocycles. The van der Waals surface area contributed by atoms with Crippen molar-refractivity contribution in [1.29, 1.82) is 0 Å². The zero-order chi connectivity index (χ0) is 13.9. The van der Waals surface area contributed by atoms with Crippen LogP contribution in [0.2, 0.25) is 5.02 Å². The lowest BCUT2D eigenvalue weighted by Crippen LogP contribution is -2.40. The van der Waals surface area contributed by atoms with Crippen molar-refractivity contribution in [2.75, 3.05) is 19.3 Å². The highest BCUT2D eigenvalue weighted by molar-refractivity contribution is 7.90. The first-order valence-electron chi connectivity index (χ1n) is 5.97. The van der Waals surface area contributed by atoms with E-state index in [9.17, 15) is 8.42 Å². The maximum atomic E-state index is 11.4. The van der Waals surface area contributed by atoms with Crippen molar-refractivity contribution < 1.29 is 8.42 Å². The summed E-state index contributed by atoms with van der Waals surface area (Å²) in [4.78, 5) is 4.45. The van der Waals surface area contributed by atoms with Crippen molar-refractivity contribution in [1.82, 2.24) is 10.6 Å². The highest BCUT2D eigenvalue weighted by Crippen LogP contribution is 2.22. The summed E-state index contributed by atoms with van der Waals surface area (Å²) in [5.74, 6) is 0.773. The van der Waals surface area contributed by atoms with Crippen LogP contribution in [0.15, 0.2) is 28.1 Å². The summed E-state index contributed by atoms with van der Waals surface area (Å²) in [6, 6.07) is 4.94. The minimum atomic E-state index is -3.27. The van der Waals surface area contributed by atoms with Crippen LogP contribution >= 0.6 is 11.6 Å². The molecule has 1 aromatic rings. The van der Waals surface area contributed by atoms with E-state index in [-0.39, 0.29) is 9.92 Å². The van der Waals surface area contributed by atoms with E-state index in [1.165, 1.54) is 6.07 Å². The first-order valence-corrected chi connectivity index (χ1v) is 8.24. The van der Waals surface area contributed by atoms with Gasteiger partial charge in [-0.3, -0.25) is 4.99 Å². The largest absolute Gasteiger partial charge is 0.356 e. The summed E-state index contributed by atoms with van der Waals surface area (Å²) < 4.78 is 22.9. The Morgan fingerprint density at radius 3 is 2.84 bits per heavy atom. The molecule has 1 heterocycles. The average Bonchev–Trinajstić information content (AvgIpc) is 2.36. The summed E-state index contributed by atoms with van der Waals surface area (Å²) in [6.45, 7) is 2.29. The summed E-state index contributed by atoms with van der Waals surface area (Å²) in [7, 11) is -3.27. The lowest BCUT2D eigenvalue weighted by Gasteiger charge is -2.16. The zero-order valence-electron chi connectivity index (χ0n) is 10.6. The summed E-state index contributed by atoms with van der Waals surface area (Å²) in [5, 5.41) is 6.55.